The monoisotopic (exact) mass is 305 g/mol. The summed E-state index contributed by atoms with van der Waals surface area (Å²) in [6.45, 7) is 5.98. The Morgan fingerprint density at radius 2 is 1.86 bits per heavy atom. The van der Waals surface area contributed by atoms with Crippen molar-refractivity contribution in [2.45, 2.75) is 20.4 Å². The number of rotatable bonds is 4. The molecule has 1 aromatic rings. The predicted octanol–water partition coefficient (Wildman–Crippen LogP) is 0.820. The third-order valence-corrected chi connectivity index (χ3v) is 4.00. The maximum atomic E-state index is 12.1. The SMILES string of the molecule is CCN1CCN(Cc2ccc(C(N)=S)cc2C)C(=O)C1=O. The summed E-state index contributed by atoms with van der Waals surface area (Å²) in [5.41, 5.74) is 8.43. The van der Waals surface area contributed by atoms with E-state index in [0.717, 1.165) is 16.7 Å². The normalized spacial score (nSPS) is 15.5. The number of thiocarbonyl (C=S) groups is 1. The van der Waals surface area contributed by atoms with E-state index in [1.54, 1.807) is 9.80 Å². The molecule has 1 heterocycles. The van der Waals surface area contributed by atoms with Crippen molar-refractivity contribution in [3.8, 4) is 0 Å². The first-order valence-electron chi connectivity index (χ1n) is 6.91. The maximum absolute atomic E-state index is 12.1. The summed E-state index contributed by atoms with van der Waals surface area (Å²) in [4.78, 5) is 27.5. The molecule has 0 aliphatic carbocycles. The molecule has 1 aliphatic rings. The van der Waals surface area contributed by atoms with E-state index in [4.69, 9.17) is 18.0 Å². The molecular weight excluding hydrogens is 286 g/mol. The molecule has 2 amide bonds. The highest BCUT2D eigenvalue weighted by atomic mass is 32.1. The Labute approximate surface area is 129 Å². The Morgan fingerprint density at radius 3 is 2.43 bits per heavy atom. The molecule has 1 fully saturated rings. The molecule has 0 radical (unpaired) electrons. The van der Waals surface area contributed by atoms with Crippen LogP contribution in [-0.4, -0.2) is 46.2 Å². The fourth-order valence-corrected chi connectivity index (χ4v) is 2.53. The Kier molecular flexibility index (Phi) is 4.57. The average Bonchev–Trinajstić information content (AvgIpc) is 2.45. The van der Waals surface area contributed by atoms with Gasteiger partial charge in [0.1, 0.15) is 4.99 Å². The van der Waals surface area contributed by atoms with Crippen molar-refractivity contribution in [3.63, 3.8) is 0 Å². The molecular formula is C15H19N3O2S. The average molecular weight is 305 g/mol. The van der Waals surface area contributed by atoms with E-state index in [1.807, 2.05) is 32.0 Å². The number of likely N-dealkylation sites (N-methyl/N-ethyl adjacent to an activating group) is 1. The molecule has 5 nitrogen and oxygen atoms in total. The number of nitrogens with zero attached hydrogens (tertiary/aromatic N) is 2. The maximum Gasteiger partial charge on any atom is 0.312 e. The summed E-state index contributed by atoms with van der Waals surface area (Å²) in [6.07, 6.45) is 0. The van der Waals surface area contributed by atoms with Crippen LogP contribution in [0, 0.1) is 6.92 Å². The Bertz CT molecular complexity index is 601. The molecule has 1 aromatic carbocycles. The number of carbonyl (C=O) groups is 2. The molecule has 21 heavy (non-hydrogen) atoms. The second-order valence-electron chi connectivity index (χ2n) is 5.12. The quantitative estimate of drug-likeness (QED) is 0.661. The highest BCUT2D eigenvalue weighted by Gasteiger charge is 2.31. The molecule has 2 N–H and O–H groups in total. The Balaban J connectivity index is 2.14. The summed E-state index contributed by atoms with van der Waals surface area (Å²) in [5.74, 6) is -0.845. The first kappa shape index (κ1) is 15.4. The molecule has 0 unspecified atom stereocenters. The second-order valence-corrected chi connectivity index (χ2v) is 5.56. The number of piperazine rings is 1. The summed E-state index contributed by atoms with van der Waals surface area (Å²) in [7, 11) is 0. The molecule has 0 atom stereocenters. The lowest BCUT2D eigenvalue weighted by Gasteiger charge is -2.33. The number of benzene rings is 1. The number of hydrogen-bond donors (Lipinski definition) is 1. The zero-order valence-corrected chi connectivity index (χ0v) is 13.1. The van der Waals surface area contributed by atoms with Gasteiger partial charge in [-0.2, -0.15) is 0 Å². The number of hydrogen-bond acceptors (Lipinski definition) is 3. The van der Waals surface area contributed by atoms with E-state index in [1.165, 1.54) is 0 Å². The van der Waals surface area contributed by atoms with Gasteiger partial charge in [-0.15, -0.1) is 0 Å². The van der Waals surface area contributed by atoms with Crippen LogP contribution in [0.15, 0.2) is 18.2 Å². The Hall–Kier alpha value is -1.95. The van der Waals surface area contributed by atoms with Gasteiger partial charge in [0.05, 0.1) is 0 Å². The third-order valence-electron chi connectivity index (χ3n) is 3.77. The van der Waals surface area contributed by atoms with E-state index in [0.29, 0.717) is 31.2 Å². The van der Waals surface area contributed by atoms with E-state index in [-0.39, 0.29) is 0 Å². The first-order valence-corrected chi connectivity index (χ1v) is 7.32. The number of carbonyl (C=O) groups excluding carboxylic acids is 2. The van der Waals surface area contributed by atoms with Gasteiger partial charge in [-0.05, 0) is 31.0 Å². The topological polar surface area (TPSA) is 66.6 Å². The van der Waals surface area contributed by atoms with Crippen LogP contribution in [0.1, 0.15) is 23.6 Å². The van der Waals surface area contributed by atoms with Crippen molar-refractivity contribution in [2.75, 3.05) is 19.6 Å². The fourth-order valence-electron chi connectivity index (χ4n) is 2.40. The van der Waals surface area contributed by atoms with Gasteiger partial charge in [-0.25, -0.2) is 0 Å². The van der Waals surface area contributed by atoms with Crippen molar-refractivity contribution in [3.05, 3.63) is 34.9 Å². The van der Waals surface area contributed by atoms with Crippen molar-refractivity contribution in [2.24, 2.45) is 5.73 Å². The molecule has 0 saturated carbocycles. The van der Waals surface area contributed by atoms with Crippen LogP contribution in [0.3, 0.4) is 0 Å². The van der Waals surface area contributed by atoms with E-state index in [9.17, 15) is 9.59 Å². The molecule has 0 aromatic heterocycles. The standard InChI is InChI=1S/C15H19N3O2S/c1-3-17-6-7-18(15(20)14(17)19)9-12-5-4-11(13(16)21)8-10(12)2/h4-5,8H,3,6-7,9H2,1-2H3,(H2,16,21). The van der Waals surface area contributed by atoms with E-state index in [2.05, 4.69) is 0 Å². The number of aryl methyl sites for hydroxylation is 1. The van der Waals surface area contributed by atoms with Gasteiger partial charge < -0.3 is 15.5 Å². The highest BCUT2D eigenvalue weighted by Crippen LogP contribution is 2.16. The first-order chi connectivity index (χ1) is 9.93. The minimum Gasteiger partial charge on any atom is -0.389 e. The number of nitrogens with two attached hydrogens (primary N) is 1. The van der Waals surface area contributed by atoms with Gasteiger partial charge in [0.15, 0.2) is 0 Å². The van der Waals surface area contributed by atoms with E-state index < -0.39 is 11.8 Å². The summed E-state index contributed by atoms with van der Waals surface area (Å²) >= 11 is 4.95. The largest absolute Gasteiger partial charge is 0.389 e. The van der Waals surface area contributed by atoms with Gasteiger partial charge in [0.25, 0.3) is 0 Å². The minimum absolute atomic E-state index is 0.354. The molecule has 1 saturated heterocycles. The van der Waals surface area contributed by atoms with Gasteiger partial charge in [0, 0.05) is 31.7 Å². The lowest BCUT2D eigenvalue weighted by atomic mass is 10.0. The predicted molar refractivity (Wildman–Crippen MR) is 84.7 cm³/mol. The molecule has 6 heteroatoms. The van der Waals surface area contributed by atoms with Crippen molar-refractivity contribution >= 4 is 29.0 Å². The molecule has 112 valence electrons. The summed E-state index contributed by atoms with van der Waals surface area (Å²) in [6, 6.07) is 5.67. The summed E-state index contributed by atoms with van der Waals surface area (Å²) < 4.78 is 0. The minimum atomic E-state index is -0.430. The number of amides is 2. The lowest BCUT2D eigenvalue weighted by Crippen LogP contribution is -2.53. The van der Waals surface area contributed by atoms with Crippen LogP contribution in [-0.2, 0) is 16.1 Å². The molecule has 0 spiro atoms. The van der Waals surface area contributed by atoms with Crippen LogP contribution in [0.4, 0.5) is 0 Å². The zero-order chi connectivity index (χ0) is 15.6. The summed E-state index contributed by atoms with van der Waals surface area (Å²) in [5, 5.41) is 0. The van der Waals surface area contributed by atoms with Crippen LogP contribution in [0.2, 0.25) is 0 Å². The Morgan fingerprint density at radius 1 is 1.24 bits per heavy atom. The third kappa shape index (κ3) is 3.21. The van der Waals surface area contributed by atoms with Crippen LogP contribution < -0.4 is 5.73 Å². The molecule has 1 aliphatic heterocycles. The van der Waals surface area contributed by atoms with E-state index >= 15 is 0 Å². The van der Waals surface area contributed by atoms with Crippen LogP contribution in [0.5, 0.6) is 0 Å². The fraction of sp³-hybridized carbons (Fsp3) is 0.400. The van der Waals surface area contributed by atoms with Crippen molar-refractivity contribution in [1.82, 2.24) is 9.80 Å². The van der Waals surface area contributed by atoms with Gasteiger partial charge in [0.2, 0.25) is 0 Å². The molecule has 0 bridgehead atoms. The van der Waals surface area contributed by atoms with Crippen molar-refractivity contribution < 1.29 is 9.59 Å². The zero-order valence-electron chi connectivity index (χ0n) is 12.3. The van der Waals surface area contributed by atoms with Crippen LogP contribution >= 0.6 is 12.2 Å². The van der Waals surface area contributed by atoms with Crippen LogP contribution in [0.25, 0.3) is 0 Å². The second kappa shape index (κ2) is 6.22. The van der Waals surface area contributed by atoms with Gasteiger partial charge in [-0.1, -0.05) is 24.4 Å². The van der Waals surface area contributed by atoms with Crippen molar-refractivity contribution in [1.29, 1.82) is 0 Å². The van der Waals surface area contributed by atoms with Gasteiger partial charge in [-0.3, -0.25) is 9.59 Å². The lowest BCUT2D eigenvalue weighted by molar-refractivity contribution is -0.156. The smallest absolute Gasteiger partial charge is 0.312 e. The highest BCUT2D eigenvalue weighted by molar-refractivity contribution is 7.80. The molecule has 2 rings (SSSR count). The van der Waals surface area contributed by atoms with Gasteiger partial charge >= 0.3 is 11.8 Å².